The number of aromatic nitrogens is 2. The van der Waals surface area contributed by atoms with Crippen molar-refractivity contribution in [2.75, 3.05) is 6.54 Å². The number of nitrogens with one attached hydrogen (secondary N) is 1. The van der Waals surface area contributed by atoms with Crippen LogP contribution in [0.1, 0.15) is 33.1 Å². The van der Waals surface area contributed by atoms with Crippen molar-refractivity contribution in [2.24, 2.45) is 0 Å². The molecule has 1 heterocycles. The maximum Gasteiger partial charge on any atom is 0.322 e. The molecule has 0 aliphatic carbocycles. The molecule has 0 saturated carbocycles. The van der Waals surface area contributed by atoms with Gasteiger partial charge in [0.1, 0.15) is 12.4 Å². The first-order valence-corrected chi connectivity index (χ1v) is 9.03. The molecule has 3 N–H and O–H groups in total. The molecule has 0 bridgehead atoms. The Morgan fingerprint density at radius 3 is 2.50 bits per heavy atom. The molecule has 0 fully saturated rings. The van der Waals surface area contributed by atoms with E-state index in [1.54, 1.807) is 13.0 Å². The molecule has 8 heteroatoms. The van der Waals surface area contributed by atoms with E-state index >= 15 is 0 Å². The number of rotatable bonds is 6. The van der Waals surface area contributed by atoms with Crippen molar-refractivity contribution in [2.45, 2.75) is 13.3 Å². The molecule has 0 aliphatic heterocycles. The highest BCUT2D eigenvalue weighted by Crippen LogP contribution is 2.23. The van der Waals surface area contributed by atoms with Crippen LogP contribution in [0.25, 0.3) is 11.1 Å². The number of carboxylic acid groups (broad SMARTS) is 1. The number of hydrogen-bond acceptors (Lipinski definition) is 6. The van der Waals surface area contributed by atoms with Crippen molar-refractivity contribution < 1.29 is 19.8 Å². The highest BCUT2D eigenvalue weighted by molar-refractivity contribution is 5.96. The summed E-state index contributed by atoms with van der Waals surface area (Å²) in [7, 11) is 0. The van der Waals surface area contributed by atoms with Gasteiger partial charge in [-0.05, 0) is 35.7 Å². The van der Waals surface area contributed by atoms with Crippen LogP contribution >= 0.6 is 0 Å². The molecule has 1 aromatic heterocycles. The minimum Gasteiger partial charge on any atom is -0.504 e. The molecule has 0 radical (unpaired) electrons. The number of nitrogens with zero attached hydrogens (tertiary/aromatic N) is 3. The first-order valence-electron chi connectivity index (χ1n) is 9.03. The van der Waals surface area contributed by atoms with Gasteiger partial charge >= 0.3 is 5.97 Å². The summed E-state index contributed by atoms with van der Waals surface area (Å²) in [5, 5.41) is 30.0. The summed E-state index contributed by atoms with van der Waals surface area (Å²) in [6.45, 7) is 0.963. The predicted molar refractivity (Wildman–Crippen MR) is 108 cm³/mol. The fourth-order valence-electron chi connectivity index (χ4n) is 2.87. The standard InChI is InChI=1S/C22H18N4O4/c1-13-21(29)20(22(30)24-12-19(27)28)26-18(25-13)10-14-5-7-16(8-6-14)17-4-2-3-15(9-17)11-23/h2-9,29H,10,12H2,1H3,(H,24,30)(H,27,28). The third kappa shape index (κ3) is 4.77. The van der Waals surface area contributed by atoms with Gasteiger partial charge in [0, 0.05) is 6.42 Å². The summed E-state index contributed by atoms with van der Waals surface area (Å²) in [6, 6.07) is 17.0. The number of carboxylic acids is 1. The SMILES string of the molecule is Cc1nc(Cc2ccc(-c3cccc(C#N)c3)cc2)nc(C(=O)NCC(=O)O)c1O. The number of benzene rings is 2. The Morgan fingerprint density at radius 1 is 1.10 bits per heavy atom. The Bertz CT molecular complexity index is 1150. The largest absolute Gasteiger partial charge is 0.504 e. The summed E-state index contributed by atoms with van der Waals surface area (Å²) in [5.41, 5.74) is 3.31. The summed E-state index contributed by atoms with van der Waals surface area (Å²) in [5.74, 6) is -2.04. The van der Waals surface area contributed by atoms with Gasteiger partial charge in [0.15, 0.2) is 11.4 Å². The van der Waals surface area contributed by atoms with E-state index in [4.69, 9.17) is 10.4 Å². The maximum atomic E-state index is 12.1. The highest BCUT2D eigenvalue weighted by Gasteiger charge is 2.18. The zero-order chi connectivity index (χ0) is 21.7. The van der Waals surface area contributed by atoms with Gasteiger partial charge in [0.25, 0.3) is 5.91 Å². The topological polar surface area (TPSA) is 136 Å². The Labute approximate surface area is 172 Å². The number of aromatic hydroxyl groups is 1. The van der Waals surface area contributed by atoms with Gasteiger partial charge in [-0.3, -0.25) is 9.59 Å². The van der Waals surface area contributed by atoms with Crippen LogP contribution in [0, 0.1) is 18.3 Å². The van der Waals surface area contributed by atoms with Crippen molar-refractivity contribution in [1.82, 2.24) is 15.3 Å². The molecule has 8 nitrogen and oxygen atoms in total. The van der Waals surface area contributed by atoms with Gasteiger partial charge in [-0.25, -0.2) is 9.97 Å². The normalized spacial score (nSPS) is 10.3. The van der Waals surface area contributed by atoms with Crippen LogP contribution in [0.15, 0.2) is 48.5 Å². The van der Waals surface area contributed by atoms with Gasteiger partial charge in [-0.1, -0.05) is 36.4 Å². The summed E-state index contributed by atoms with van der Waals surface area (Å²) in [6.07, 6.45) is 0.318. The summed E-state index contributed by atoms with van der Waals surface area (Å²) < 4.78 is 0. The number of carbonyl (C=O) groups excluding carboxylic acids is 1. The quantitative estimate of drug-likeness (QED) is 0.576. The first kappa shape index (κ1) is 20.5. The van der Waals surface area contributed by atoms with Crippen LogP contribution in [0.2, 0.25) is 0 Å². The van der Waals surface area contributed by atoms with Gasteiger partial charge in [-0.15, -0.1) is 0 Å². The first-order chi connectivity index (χ1) is 14.4. The Hall–Kier alpha value is -4.25. The van der Waals surface area contributed by atoms with Crippen LogP contribution < -0.4 is 5.32 Å². The molecule has 3 rings (SSSR count). The second kappa shape index (κ2) is 8.84. The average Bonchev–Trinajstić information content (AvgIpc) is 2.75. The Balaban J connectivity index is 1.81. The van der Waals surface area contributed by atoms with E-state index in [2.05, 4.69) is 21.4 Å². The van der Waals surface area contributed by atoms with Crippen LogP contribution in [0.5, 0.6) is 5.75 Å². The molecular weight excluding hydrogens is 384 g/mol. The molecule has 0 saturated heterocycles. The van der Waals surface area contributed by atoms with Crippen molar-refractivity contribution in [3.05, 3.63) is 76.9 Å². The second-order valence-corrected chi connectivity index (χ2v) is 6.57. The third-order valence-electron chi connectivity index (χ3n) is 4.36. The number of aryl methyl sites for hydroxylation is 1. The van der Waals surface area contributed by atoms with Crippen molar-refractivity contribution in [3.8, 4) is 22.9 Å². The van der Waals surface area contributed by atoms with Crippen LogP contribution in [0.4, 0.5) is 0 Å². The lowest BCUT2D eigenvalue weighted by Gasteiger charge is -2.09. The number of hydrogen-bond donors (Lipinski definition) is 3. The molecule has 0 unspecified atom stereocenters. The van der Waals surface area contributed by atoms with Gasteiger partial charge in [0.05, 0.1) is 17.3 Å². The minimum absolute atomic E-state index is 0.227. The molecule has 0 spiro atoms. The fourth-order valence-corrected chi connectivity index (χ4v) is 2.87. The Morgan fingerprint density at radius 2 is 1.83 bits per heavy atom. The third-order valence-corrected chi connectivity index (χ3v) is 4.36. The summed E-state index contributed by atoms with van der Waals surface area (Å²) in [4.78, 5) is 31.1. The van der Waals surface area contributed by atoms with Crippen LogP contribution in [-0.2, 0) is 11.2 Å². The van der Waals surface area contributed by atoms with E-state index < -0.39 is 18.4 Å². The lowest BCUT2D eigenvalue weighted by Crippen LogP contribution is -2.30. The number of nitriles is 1. The molecule has 150 valence electrons. The van der Waals surface area contributed by atoms with E-state index in [0.29, 0.717) is 17.8 Å². The van der Waals surface area contributed by atoms with Gasteiger partial charge in [-0.2, -0.15) is 5.26 Å². The second-order valence-electron chi connectivity index (χ2n) is 6.57. The zero-order valence-electron chi connectivity index (χ0n) is 16.1. The predicted octanol–water partition coefficient (Wildman–Crippen LogP) is 2.43. The number of carbonyl (C=O) groups is 2. The molecule has 1 amide bonds. The lowest BCUT2D eigenvalue weighted by molar-refractivity contribution is -0.135. The maximum absolute atomic E-state index is 12.1. The molecular formula is C22H18N4O4. The minimum atomic E-state index is -1.20. The van der Waals surface area contributed by atoms with E-state index in [9.17, 15) is 14.7 Å². The number of aliphatic carboxylic acids is 1. The van der Waals surface area contributed by atoms with Crippen molar-refractivity contribution in [3.63, 3.8) is 0 Å². The van der Waals surface area contributed by atoms with E-state index in [1.165, 1.54) is 0 Å². The molecule has 0 atom stereocenters. The number of amides is 1. The van der Waals surface area contributed by atoms with Crippen molar-refractivity contribution >= 4 is 11.9 Å². The van der Waals surface area contributed by atoms with Crippen molar-refractivity contribution in [1.29, 1.82) is 5.26 Å². The lowest BCUT2D eigenvalue weighted by atomic mass is 10.0. The van der Waals surface area contributed by atoms with E-state index in [-0.39, 0.29) is 17.1 Å². The van der Waals surface area contributed by atoms with Gasteiger partial charge < -0.3 is 15.5 Å². The van der Waals surface area contributed by atoms with Gasteiger partial charge in [0.2, 0.25) is 0 Å². The molecule has 3 aromatic rings. The van der Waals surface area contributed by atoms with E-state index in [0.717, 1.165) is 16.7 Å². The summed E-state index contributed by atoms with van der Waals surface area (Å²) >= 11 is 0. The molecule has 2 aromatic carbocycles. The Kier molecular flexibility index (Phi) is 6.03. The average molecular weight is 402 g/mol. The smallest absolute Gasteiger partial charge is 0.322 e. The monoisotopic (exact) mass is 402 g/mol. The molecule has 0 aliphatic rings. The fraction of sp³-hybridized carbons (Fsp3) is 0.136. The van der Waals surface area contributed by atoms with E-state index in [1.807, 2.05) is 42.5 Å². The molecule has 30 heavy (non-hydrogen) atoms. The zero-order valence-corrected chi connectivity index (χ0v) is 16.1. The highest BCUT2D eigenvalue weighted by atomic mass is 16.4. The van der Waals surface area contributed by atoms with Crippen LogP contribution in [0.3, 0.4) is 0 Å². The van der Waals surface area contributed by atoms with Crippen LogP contribution in [-0.4, -0.2) is 38.6 Å².